The Balaban J connectivity index is 1.88. The number of rotatable bonds is 3. The van der Waals surface area contributed by atoms with Crippen LogP contribution in [-0.4, -0.2) is 27.7 Å². The Kier molecular flexibility index (Phi) is 3.67. The average molecular weight is 273 g/mol. The molecule has 0 N–H and O–H groups in total. The molecule has 2 aromatic heterocycles. The first-order chi connectivity index (χ1) is 9.78. The van der Waals surface area contributed by atoms with E-state index in [2.05, 4.69) is 10.2 Å². The molecule has 0 unspecified atom stereocenters. The molecule has 5 heteroatoms. The van der Waals surface area contributed by atoms with Gasteiger partial charge in [-0.25, -0.2) is 4.79 Å². The molecule has 1 fully saturated rings. The number of carbonyl (C=O) groups is 1. The van der Waals surface area contributed by atoms with Gasteiger partial charge in [0, 0.05) is 12.6 Å². The first-order valence-corrected chi connectivity index (χ1v) is 7.20. The van der Waals surface area contributed by atoms with Gasteiger partial charge >= 0.3 is 5.97 Å². The normalized spacial score (nSPS) is 16.4. The Morgan fingerprint density at radius 2 is 2.10 bits per heavy atom. The van der Waals surface area contributed by atoms with Crippen molar-refractivity contribution in [2.24, 2.45) is 5.92 Å². The Bertz CT molecular complexity index is 615. The third kappa shape index (κ3) is 2.53. The molecule has 0 radical (unpaired) electrons. The number of methoxy groups -OCH3 is 1. The van der Waals surface area contributed by atoms with Gasteiger partial charge < -0.3 is 4.74 Å². The van der Waals surface area contributed by atoms with Crippen molar-refractivity contribution in [3.05, 3.63) is 29.7 Å². The molecule has 0 spiro atoms. The Labute approximate surface area is 118 Å². The molecular weight excluding hydrogens is 254 g/mol. The first kappa shape index (κ1) is 13.1. The minimum absolute atomic E-state index is 0.329. The maximum Gasteiger partial charge on any atom is 0.339 e. The summed E-state index contributed by atoms with van der Waals surface area (Å²) in [6, 6.07) is 3.53. The topological polar surface area (TPSA) is 56.5 Å². The van der Waals surface area contributed by atoms with Gasteiger partial charge in [-0.15, -0.1) is 10.2 Å². The van der Waals surface area contributed by atoms with Crippen LogP contribution in [0.5, 0.6) is 0 Å². The molecule has 0 amide bonds. The summed E-state index contributed by atoms with van der Waals surface area (Å²) in [7, 11) is 1.39. The van der Waals surface area contributed by atoms with Crippen LogP contribution in [0.4, 0.5) is 0 Å². The fraction of sp³-hybridized carbons (Fsp3) is 0.533. The summed E-state index contributed by atoms with van der Waals surface area (Å²) in [5, 5.41) is 8.45. The second kappa shape index (κ2) is 5.61. The quantitative estimate of drug-likeness (QED) is 0.807. The lowest BCUT2D eigenvalue weighted by atomic mass is 9.87. The lowest BCUT2D eigenvalue weighted by Gasteiger charge is -2.20. The van der Waals surface area contributed by atoms with Crippen molar-refractivity contribution < 1.29 is 9.53 Å². The molecule has 106 valence electrons. The van der Waals surface area contributed by atoms with Crippen LogP contribution in [0, 0.1) is 5.92 Å². The molecule has 0 saturated heterocycles. The van der Waals surface area contributed by atoms with E-state index < -0.39 is 0 Å². The molecule has 0 atom stereocenters. The predicted octanol–water partition coefficient (Wildman–Crippen LogP) is 2.64. The van der Waals surface area contributed by atoms with E-state index in [1.165, 1.54) is 39.2 Å². The number of hydrogen-bond acceptors (Lipinski definition) is 4. The van der Waals surface area contributed by atoms with Crippen LogP contribution < -0.4 is 0 Å². The number of carbonyl (C=O) groups excluding carboxylic acids is 1. The number of aromatic nitrogens is 3. The molecule has 1 aliphatic rings. The Morgan fingerprint density at radius 1 is 1.30 bits per heavy atom. The zero-order chi connectivity index (χ0) is 13.9. The molecular formula is C15H19N3O2. The van der Waals surface area contributed by atoms with Gasteiger partial charge in [0.25, 0.3) is 0 Å². The van der Waals surface area contributed by atoms with Crippen LogP contribution in [0.1, 0.15) is 48.3 Å². The zero-order valence-corrected chi connectivity index (χ0v) is 11.7. The van der Waals surface area contributed by atoms with Crippen LogP contribution in [-0.2, 0) is 11.2 Å². The van der Waals surface area contributed by atoms with E-state index in [1.54, 1.807) is 12.3 Å². The summed E-state index contributed by atoms with van der Waals surface area (Å²) in [6.45, 7) is 0. The summed E-state index contributed by atoms with van der Waals surface area (Å²) < 4.78 is 6.68. The molecule has 20 heavy (non-hydrogen) atoms. The highest BCUT2D eigenvalue weighted by atomic mass is 16.5. The second-order valence-electron chi connectivity index (χ2n) is 5.46. The van der Waals surface area contributed by atoms with E-state index >= 15 is 0 Å². The lowest BCUT2D eigenvalue weighted by Crippen LogP contribution is -2.12. The van der Waals surface area contributed by atoms with E-state index in [0.717, 1.165) is 17.9 Å². The van der Waals surface area contributed by atoms with Crippen LogP contribution >= 0.6 is 0 Å². The van der Waals surface area contributed by atoms with Crippen molar-refractivity contribution in [3.63, 3.8) is 0 Å². The SMILES string of the molecule is COC(=O)c1ccc2nnc(CC3CCCCC3)n2c1. The highest BCUT2D eigenvalue weighted by Gasteiger charge is 2.17. The maximum absolute atomic E-state index is 11.6. The first-order valence-electron chi connectivity index (χ1n) is 7.20. The van der Waals surface area contributed by atoms with E-state index in [4.69, 9.17) is 4.74 Å². The van der Waals surface area contributed by atoms with Crippen molar-refractivity contribution in [3.8, 4) is 0 Å². The highest BCUT2D eigenvalue weighted by Crippen LogP contribution is 2.26. The van der Waals surface area contributed by atoms with Crippen LogP contribution in [0.15, 0.2) is 18.3 Å². The van der Waals surface area contributed by atoms with Gasteiger partial charge in [-0.2, -0.15) is 0 Å². The van der Waals surface area contributed by atoms with E-state index in [-0.39, 0.29) is 5.97 Å². The van der Waals surface area contributed by atoms with E-state index in [1.807, 2.05) is 10.5 Å². The fourth-order valence-corrected chi connectivity index (χ4v) is 2.97. The standard InChI is InChI=1S/C15H19N3O2/c1-20-15(19)12-7-8-13-16-17-14(18(13)10-12)9-11-5-3-2-4-6-11/h7-8,10-11H,2-6,9H2,1H3. The van der Waals surface area contributed by atoms with Crippen LogP contribution in [0.25, 0.3) is 5.65 Å². The molecule has 0 aromatic carbocycles. The minimum atomic E-state index is -0.329. The summed E-state index contributed by atoms with van der Waals surface area (Å²) in [4.78, 5) is 11.6. The molecule has 2 heterocycles. The molecule has 1 saturated carbocycles. The van der Waals surface area contributed by atoms with Gasteiger partial charge in [0.1, 0.15) is 5.82 Å². The second-order valence-corrected chi connectivity index (χ2v) is 5.46. The van der Waals surface area contributed by atoms with Crippen molar-refractivity contribution in [2.75, 3.05) is 7.11 Å². The minimum Gasteiger partial charge on any atom is -0.465 e. The molecule has 2 aromatic rings. The largest absolute Gasteiger partial charge is 0.465 e. The van der Waals surface area contributed by atoms with Crippen molar-refractivity contribution in [1.82, 2.24) is 14.6 Å². The highest BCUT2D eigenvalue weighted by molar-refractivity contribution is 5.89. The van der Waals surface area contributed by atoms with Gasteiger partial charge in [0.05, 0.1) is 12.7 Å². The van der Waals surface area contributed by atoms with Crippen LogP contribution in [0.3, 0.4) is 0 Å². The van der Waals surface area contributed by atoms with Crippen molar-refractivity contribution >= 4 is 11.6 Å². The summed E-state index contributed by atoms with van der Waals surface area (Å²) in [5.41, 5.74) is 1.31. The Hall–Kier alpha value is -1.91. The molecule has 0 aliphatic heterocycles. The molecule has 0 bridgehead atoms. The lowest BCUT2D eigenvalue weighted by molar-refractivity contribution is 0.0600. The molecule has 3 rings (SSSR count). The smallest absolute Gasteiger partial charge is 0.339 e. The zero-order valence-electron chi connectivity index (χ0n) is 11.7. The summed E-state index contributed by atoms with van der Waals surface area (Å²) >= 11 is 0. The van der Waals surface area contributed by atoms with Gasteiger partial charge in [-0.1, -0.05) is 32.1 Å². The predicted molar refractivity (Wildman–Crippen MR) is 74.6 cm³/mol. The fourth-order valence-electron chi connectivity index (χ4n) is 2.97. The number of fused-ring (bicyclic) bond motifs is 1. The number of esters is 1. The number of ether oxygens (including phenoxy) is 1. The third-order valence-electron chi connectivity index (χ3n) is 4.09. The van der Waals surface area contributed by atoms with E-state index in [0.29, 0.717) is 11.5 Å². The maximum atomic E-state index is 11.6. The van der Waals surface area contributed by atoms with Crippen molar-refractivity contribution in [1.29, 1.82) is 0 Å². The van der Waals surface area contributed by atoms with Gasteiger partial charge in [-0.3, -0.25) is 4.40 Å². The van der Waals surface area contributed by atoms with Crippen molar-refractivity contribution in [2.45, 2.75) is 38.5 Å². The van der Waals surface area contributed by atoms with Crippen LogP contribution in [0.2, 0.25) is 0 Å². The average Bonchev–Trinajstić information content (AvgIpc) is 2.90. The van der Waals surface area contributed by atoms with Gasteiger partial charge in [-0.05, 0) is 18.1 Å². The van der Waals surface area contributed by atoms with E-state index in [9.17, 15) is 4.79 Å². The monoisotopic (exact) mass is 273 g/mol. The number of nitrogens with zero attached hydrogens (tertiary/aromatic N) is 3. The van der Waals surface area contributed by atoms with Gasteiger partial charge in [0.2, 0.25) is 0 Å². The molecule has 5 nitrogen and oxygen atoms in total. The molecule has 1 aliphatic carbocycles. The Morgan fingerprint density at radius 3 is 2.85 bits per heavy atom. The summed E-state index contributed by atoms with van der Waals surface area (Å²) in [6.07, 6.45) is 9.23. The number of hydrogen-bond donors (Lipinski definition) is 0. The summed E-state index contributed by atoms with van der Waals surface area (Å²) in [5.74, 6) is 1.31. The third-order valence-corrected chi connectivity index (χ3v) is 4.09. The van der Waals surface area contributed by atoms with Gasteiger partial charge in [0.15, 0.2) is 5.65 Å². The number of pyridine rings is 1.